The van der Waals surface area contributed by atoms with Gasteiger partial charge in [0.05, 0.1) is 5.92 Å². The fourth-order valence-corrected chi connectivity index (χ4v) is 3.35. The first kappa shape index (κ1) is 18.2. The lowest BCUT2D eigenvalue weighted by Gasteiger charge is -2.18. The number of hydrogen-bond donors (Lipinski definition) is 2. The topological polar surface area (TPSA) is 81.8 Å². The zero-order valence-electron chi connectivity index (χ0n) is 15.3. The van der Waals surface area contributed by atoms with E-state index in [2.05, 4.69) is 24.5 Å². The molecule has 140 valence electrons. The van der Waals surface area contributed by atoms with Gasteiger partial charge in [0.1, 0.15) is 0 Å². The van der Waals surface area contributed by atoms with Gasteiger partial charge in [-0.15, -0.1) is 0 Å². The van der Waals surface area contributed by atoms with Crippen LogP contribution < -0.4 is 15.5 Å². The van der Waals surface area contributed by atoms with Crippen LogP contribution >= 0.6 is 0 Å². The lowest BCUT2D eigenvalue weighted by atomic mass is 10.0. The molecule has 3 rings (SSSR count). The summed E-state index contributed by atoms with van der Waals surface area (Å²) in [5.74, 6) is -0.0603. The highest BCUT2D eigenvalue weighted by Crippen LogP contribution is 2.26. The minimum absolute atomic E-state index is 0.0265. The van der Waals surface area contributed by atoms with E-state index in [0.717, 1.165) is 5.69 Å². The minimum Gasteiger partial charge on any atom is -0.354 e. The Morgan fingerprint density at radius 2 is 2.00 bits per heavy atom. The number of rotatable bonds is 6. The number of nitrogens with zero attached hydrogens (tertiary/aromatic N) is 2. The first-order valence-corrected chi connectivity index (χ1v) is 9.16. The zero-order valence-corrected chi connectivity index (χ0v) is 15.3. The van der Waals surface area contributed by atoms with Crippen molar-refractivity contribution < 1.29 is 14.4 Å². The maximum atomic E-state index is 12.4. The molecule has 0 bridgehead atoms. The van der Waals surface area contributed by atoms with Crippen LogP contribution in [0.4, 0.5) is 10.5 Å². The van der Waals surface area contributed by atoms with E-state index < -0.39 is 0 Å². The van der Waals surface area contributed by atoms with Gasteiger partial charge in [0, 0.05) is 44.8 Å². The molecule has 2 saturated heterocycles. The lowest BCUT2D eigenvalue weighted by Crippen LogP contribution is -2.39. The maximum Gasteiger partial charge on any atom is 0.317 e. The average molecular weight is 358 g/mol. The number of anilines is 1. The van der Waals surface area contributed by atoms with Crippen molar-refractivity contribution in [2.45, 2.75) is 26.2 Å². The average Bonchev–Trinajstić information content (AvgIpc) is 3.21. The van der Waals surface area contributed by atoms with Crippen LogP contribution in [0.3, 0.4) is 0 Å². The van der Waals surface area contributed by atoms with E-state index in [1.165, 1.54) is 5.56 Å². The molecular weight excluding hydrogens is 332 g/mol. The molecule has 1 aromatic carbocycles. The van der Waals surface area contributed by atoms with E-state index in [1.54, 1.807) is 9.80 Å². The molecule has 0 spiro atoms. The number of hydrogen-bond acceptors (Lipinski definition) is 3. The molecule has 1 atom stereocenters. The Bertz CT molecular complexity index is 687. The highest BCUT2D eigenvalue weighted by atomic mass is 16.2. The molecule has 1 aromatic rings. The minimum atomic E-state index is -0.348. The predicted molar refractivity (Wildman–Crippen MR) is 99.0 cm³/mol. The molecule has 0 aromatic heterocycles. The molecule has 7 nitrogen and oxygen atoms in total. The molecule has 2 heterocycles. The van der Waals surface area contributed by atoms with E-state index in [1.807, 2.05) is 24.3 Å². The number of carbonyl (C=O) groups is 3. The Morgan fingerprint density at radius 1 is 1.27 bits per heavy atom. The summed E-state index contributed by atoms with van der Waals surface area (Å²) in [4.78, 5) is 39.5. The summed E-state index contributed by atoms with van der Waals surface area (Å²) in [6.07, 6.45) is 0.224. The van der Waals surface area contributed by atoms with Gasteiger partial charge in [-0.3, -0.25) is 9.59 Å². The molecule has 26 heavy (non-hydrogen) atoms. The van der Waals surface area contributed by atoms with Crippen molar-refractivity contribution in [2.24, 2.45) is 5.92 Å². The maximum absolute atomic E-state index is 12.4. The van der Waals surface area contributed by atoms with Crippen molar-refractivity contribution in [3.8, 4) is 0 Å². The number of benzene rings is 1. The quantitative estimate of drug-likeness (QED) is 0.804. The van der Waals surface area contributed by atoms with Crippen molar-refractivity contribution >= 4 is 23.5 Å². The van der Waals surface area contributed by atoms with Crippen LogP contribution in [0.2, 0.25) is 0 Å². The van der Waals surface area contributed by atoms with Crippen LogP contribution in [-0.4, -0.2) is 55.5 Å². The monoisotopic (exact) mass is 358 g/mol. The molecule has 2 aliphatic rings. The van der Waals surface area contributed by atoms with Gasteiger partial charge in [-0.25, -0.2) is 4.79 Å². The van der Waals surface area contributed by atoms with Crippen molar-refractivity contribution in [1.82, 2.24) is 15.5 Å². The number of urea groups is 1. The number of nitrogens with one attached hydrogen (secondary N) is 2. The predicted octanol–water partition coefficient (Wildman–Crippen LogP) is 1.30. The van der Waals surface area contributed by atoms with E-state index in [4.69, 9.17) is 0 Å². The summed E-state index contributed by atoms with van der Waals surface area (Å²) in [6, 6.07) is 7.86. The van der Waals surface area contributed by atoms with Crippen molar-refractivity contribution in [2.75, 3.05) is 37.6 Å². The third-order valence-corrected chi connectivity index (χ3v) is 4.99. The normalized spacial score (nSPS) is 20.0. The Balaban J connectivity index is 1.51. The molecular formula is C19H26N4O3. The molecule has 4 amide bonds. The van der Waals surface area contributed by atoms with Gasteiger partial charge in [-0.05, 0) is 23.6 Å². The second-order valence-electron chi connectivity index (χ2n) is 7.16. The summed E-state index contributed by atoms with van der Waals surface area (Å²) in [7, 11) is 0. The molecule has 2 fully saturated rings. The summed E-state index contributed by atoms with van der Waals surface area (Å²) < 4.78 is 0. The van der Waals surface area contributed by atoms with Crippen LogP contribution in [0.5, 0.6) is 0 Å². The van der Waals surface area contributed by atoms with Crippen LogP contribution in [0.25, 0.3) is 0 Å². The molecule has 2 aliphatic heterocycles. The van der Waals surface area contributed by atoms with Gasteiger partial charge in [-0.1, -0.05) is 26.0 Å². The summed E-state index contributed by atoms with van der Waals surface area (Å²) in [5, 5.41) is 5.58. The number of amides is 4. The Hall–Kier alpha value is -2.57. The summed E-state index contributed by atoms with van der Waals surface area (Å²) in [5.41, 5.74) is 2.06. The SMILES string of the molecule is CC(C)c1ccc(N2C[C@H](C(=O)NCCN3CCNC3=O)CC2=O)cc1. The Morgan fingerprint density at radius 3 is 2.62 bits per heavy atom. The largest absolute Gasteiger partial charge is 0.354 e. The Kier molecular flexibility index (Phi) is 5.44. The first-order chi connectivity index (χ1) is 12.5. The van der Waals surface area contributed by atoms with Gasteiger partial charge >= 0.3 is 6.03 Å². The van der Waals surface area contributed by atoms with Gasteiger partial charge in [-0.2, -0.15) is 0 Å². The zero-order chi connectivity index (χ0) is 18.7. The van der Waals surface area contributed by atoms with Crippen molar-refractivity contribution in [1.29, 1.82) is 0 Å². The highest BCUT2D eigenvalue weighted by Gasteiger charge is 2.35. The standard InChI is InChI=1S/C19H26N4O3/c1-13(2)14-3-5-16(6-4-14)23-12-15(11-17(23)24)18(25)20-7-9-22-10-8-21-19(22)26/h3-6,13,15H,7-12H2,1-2H3,(H,20,25)(H,21,26)/t15-/m1/s1. The van der Waals surface area contributed by atoms with Crippen LogP contribution in [-0.2, 0) is 9.59 Å². The van der Waals surface area contributed by atoms with Crippen molar-refractivity contribution in [3.05, 3.63) is 29.8 Å². The molecule has 0 unspecified atom stereocenters. The first-order valence-electron chi connectivity index (χ1n) is 9.16. The fourth-order valence-electron chi connectivity index (χ4n) is 3.35. The lowest BCUT2D eigenvalue weighted by molar-refractivity contribution is -0.126. The van der Waals surface area contributed by atoms with Gasteiger partial charge in [0.2, 0.25) is 11.8 Å². The molecule has 0 aliphatic carbocycles. The van der Waals surface area contributed by atoms with E-state index in [9.17, 15) is 14.4 Å². The van der Waals surface area contributed by atoms with Gasteiger partial charge in [0.15, 0.2) is 0 Å². The fraction of sp³-hybridized carbons (Fsp3) is 0.526. The van der Waals surface area contributed by atoms with E-state index >= 15 is 0 Å². The van der Waals surface area contributed by atoms with Crippen LogP contribution in [0.1, 0.15) is 31.7 Å². The van der Waals surface area contributed by atoms with Crippen LogP contribution in [0.15, 0.2) is 24.3 Å². The smallest absolute Gasteiger partial charge is 0.317 e. The molecule has 0 saturated carbocycles. The molecule has 7 heteroatoms. The second kappa shape index (κ2) is 7.76. The van der Waals surface area contributed by atoms with Crippen LogP contribution in [0, 0.1) is 5.92 Å². The third-order valence-electron chi connectivity index (χ3n) is 4.99. The van der Waals surface area contributed by atoms with Crippen molar-refractivity contribution in [3.63, 3.8) is 0 Å². The summed E-state index contributed by atoms with van der Waals surface area (Å²) in [6.45, 7) is 6.85. The third kappa shape index (κ3) is 3.98. The number of carbonyl (C=O) groups excluding carboxylic acids is 3. The van der Waals surface area contributed by atoms with E-state index in [-0.39, 0.29) is 30.2 Å². The highest BCUT2D eigenvalue weighted by molar-refractivity contribution is 6.00. The summed E-state index contributed by atoms with van der Waals surface area (Å²) >= 11 is 0. The Labute approximate surface area is 153 Å². The molecule has 0 radical (unpaired) electrons. The van der Waals surface area contributed by atoms with Gasteiger partial charge < -0.3 is 20.4 Å². The van der Waals surface area contributed by atoms with Gasteiger partial charge in [0.25, 0.3) is 0 Å². The second-order valence-corrected chi connectivity index (χ2v) is 7.16. The molecule has 2 N–H and O–H groups in total. The van der Waals surface area contributed by atoms with E-state index in [0.29, 0.717) is 38.6 Å².